The van der Waals surface area contributed by atoms with E-state index in [1.807, 2.05) is 30.3 Å². The SMILES string of the molecule is Cc1nc(-c2ccccc2)sc1C(=O)Nc1ccc(N(C)C)cc1C(F)(F)F. The van der Waals surface area contributed by atoms with E-state index in [9.17, 15) is 18.0 Å². The smallest absolute Gasteiger partial charge is 0.378 e. The van der Waals surface area contributed by atoms with Crippen LogP contribution in [0.15, 0.2) is 48.5 Å². The molecule has 1 heterocycles. The molecule has 0 atom stereocenters. The Kier molecular flexibility index (Phi) is 5.42. The first-order valence-corrected chi connectivity index (χ1v) is 9.21. The van der Waals surface area contributed by atoms with Crippen LogP contribution in [-0.4, -0.2) is 25.0 Å². The lowest BCUT2D eigenvalue weighted by Crippen LogP contribution is -2.18. The van der Waals surface area contributed by atoms with E-state index >= 15 is 0 Å². The van der Waals surface area contributed by atoms with Gasteiger partial charge in [-0.2, -0.15) is 13.2 Å². The summed E-state index contributed by atoms with van der Waals surface area (Å²) in [6, 6.07) is 13.1. The molecule has 2 aromatic carbocycles. The van der Waals surface area contributed by atoms with Crippen molar-refractivity contribution in [1.82, 2.24) is 4.98 Å². The first-order valence-electron chi connectivity index (χ1n) is 8.39. The molecule has 0 unspecified atom stereocenters. The number of aromatic nitrogens is 1. The number of benzene rings is 2. The average Bonchev–Trinajstić information content (AvgIpc) is 3.03. The number of alkyl halides is 3. The number of nitrogens with one attached hydrogen (secondary N) is 1. The maximum atomic E-state index is 13.5. The third-order valence-electron chi connectivity index (χ3n) is 4.10. The Labute approximate surface area is 164 Å². The van der Waals surface area contributed by atoms with Crippen LogP contribution in [0.25, 0.3) is 10.6 Å². The number of anilines is 2. The van der Waals surface area contributed by atoms with Crippen LogP contribution in [0, 0.1) is 6.92 Å². The summed E-state index contributed by atoms with van der Waals surface area (Å²) in [5.74, 6) is -0.611. The van der Waals surface area contributed by atoms with E-state index in [2.05, 4.69) is 10.3 Å². The molecule has 0 bridgehead atoms. The predicted molar refractivity (Wildman–Crippen MR) is 106 cm³/mol. The molecule has 0 saturated carbocycles. The van der Waals surface area contributed by atoms with Crippen LogP contribution in [0.5, 0.6) is 0 Å². The molecule has 1 N–H and O–H groups in total. The molecule has 28 heavy (non-hydrogen) atoms. The van der Waals surface area contributed by atoms with Crippen LogP contribution in [0.3, 0.4) is 0 Å². The highest BCUT2D eigenvalue weighted by Crippen LogP contribution is 2.37. The highest BCUT2D eigenvalue weighted by atomic mass is 32.1. The molecule has 3 rings (SSSR count). The zero-order valence-corrected chi connectivity index (χ0v) is 16.3. The molecule has 0 aliphatic heterocycles. The van der Waals surface area contributed by atoms with Crippen LogP contribution in [-0.2, 0) is 6.18 Å². The molecule has 0 aliphatic rings. The van der Waals surface area contributed by atoms with Crippen molar-refractivity contribution in [3.8, 4) is 10.6 Å². The van der Waals surface area contributed by atoms with Crippen molar-refractivity contribution in [2.45, 2.75) is 13.1 Å². The Hall–Kier alpha value is -2.87. The lowest BCUT2D eigenvalue weighted by atomic mass is 10.1. The summed E-state index contributed by atoms with van der Waals surface area (Å²) >= 11 is 1.15. The molecule has 0 spiro atoms. The predicted octanol–water partition coefficient (Wildman–Crippen LogP) is 5.46. The van der Waals surface area contributed by atoms with Gasteiger partial charge >= 0.3 is 6.18 Å². The number of thiazole rings is 1. The molecule has 0 radical (unpaired) electrons. The van der Waals surface area contributed by atoms with Crippen molar-refractivity contribution >= 4 is 28.6 Å². The highest BCUT2D eigenvalue weighted by molar-refractivity contribution is 7.17. The van der Waals surface area contributed by atoms with Gasteiger partial charge in [-0.3, -0.25) is 4.79 Å². The van der Waals surface area contributed by atoms with Gasteiger partial charge in [0.05, 0.1) is 16.9 Å². The normalized spacial score (nSPS) is 11.4. The van der Waals surface area contributed by atoms with Gasteiger partial charge in [0.15, 0.2) is 0 Å². The number of hydrogen-bond donors (Lipinski definition) is 1. The van der Waals surface area contributed by atoms with Gasteiger partial charge in [-0.05, 0) is 25.1 Å². The lowest BCUT2D eigenvalue weighted by Gasteiger charge is -2.18. The third-order valence-corrected chi connectivity index (χ3v) is 5.30. The van der Waals surface area contributed by atoms with Crippen LogP contribution in [0.4, 0.5) is 24.5 Å². The van der Waals surface area contributed by atoms with Gasteiger partial charge in [-0.15, -0.1) is 11.3 Å². The second-order valence-electron chi connectivity index (χ2n) is 6.38. The lowest BCUT2D eigenvalue weighted by molar-refractivity contribution is -0.136. The van der Waals surface area contributed by atoms with Crippen molar-refractivity contribution in [3.63, 3.8) is 0 Å². The monoisotopic (exact) mass is 405 g/mol. The number of halogens is 3. The maximum absolute atomic E-state index is 13.5. The van der Waals surface area contributed by atoms with Crippen LogP contribution >= 0.6 is 11.3 Å². The number of nitrogens with zero attached hydrogens (tertiary/aromatic N) is 2. The van der Waals surface area contributed by atoms with E-state index in [1.54, 1.807) is 25.9 Å². The minimum Gasteiger partial charge on any atom is -0.378 e. The average molecular weight is 405 g/mol. The van der Waals surface area contributed by atoms with E-state index in [4.69, 9.17) is 0 Å². The van der Waals surface area contributed by atoms with Crippen molar-refractivity contribution in [2.24, 2.45) is 0 Å². The molecule has 1 amide bonds. The zero-order chi connectivity index (χ0) is 20.5. The molecular formula is C20H18F3N3OS. The molecule has 8 heteroatoms. The van der Waals surface area contributed by atoms with E-state index in [1.165, 1.54) is 12.1 Å². The molecule has 1 aromatic heterocycles. The van der Waals surface area contributed by atoms with E-state index in [0.29, 0.717) is 16.4 Å². The summed E-state index contributed by atoms with van der Waals surface area (Å²) in [5, 5.41) is 3.04. The quantitative estimate of drug-likeness (QED) is 0.627. The van der Waals surface area contributed by atoms with Gasteiger partial charge in [0, 0.05) is 25.3 Å². The summed E-state index contributed by atoms with van der Waals surface area (Å²) in [6.07, 6.45) is -4.59. The minimum absolute atomic E-state index is 0.280. The summed E-state index contributed by atoms with van der Waals surface area (Å²) < 4.78 is 40.4. The standard InChI is InChI=1S/C20H18F3N3OS/c1-12-17(28-19(24-12)13-7-5-4-6-8-13)18(27)25-16-10-9-14(26(2)3)11-15(16)20(21,22)23/h4-11H,1-3H3,(H,25,27). The van der Waals surface area contributed by atoms with E-state index in [0.717, 1.165) is 23.0 Å². The largest absolute Gasteiger partial charge is 0.418 e. The summed E-state index contributed by atoms with van der Waals surface area (Å²) in [6.45, 7) is 1.66. The molecular weight excluding hydrogens is 387 g/mol. The number of carbonyl (C=O) groups excluding carboxylic acids is 1. The topological polar surface area (TPSA) is 45.2 Å². The van der Waals surface area contributed by atoms with Crippen LogP contribution in [0.1, 0.15) is 20.9 Å². The number of rotatable bonds is 4. The van der Waals surface area contributed by atoms with Crippen molar-refractivity contribution in [1.29, 1.82) is 0 Å². The summed E-state index contributed by atoms with van der Waals surface area (Å²) in [7, 11) is 3.30. The fourth-order valence-corrected chi connectivity index (χ4v) is 3.61. The molecule has 4 nitrogen and oxygen atoms in total. The molecule has 0 saturated heterocycles. The second-order valence-corrected chi connectivity index (χ2v) is 7.37. The third kappa shape index (κ3) is 4.17. The van der Waals surface area contributed by atoms with Crippen LogP contribution in [0.2, 0.25) is 0 Å². The first kappa shape index (κ1) is 19.9. The second kappa shape index (κ2) is 7.63. The van der Waals surface area contributed by atoms with Gasteiger partial charge in [-0.25, -0.2) is 4.98 Å². The van der Waals surface area contributed by atoms with Gasteiger partial charge in [0.1, 0.15) is 9.88 Å². The minimum atomic E-state index is -4.59. The van der Waals surface area contributed by atoms with Gasteiger partial charge in [0.25, 0.3) is 5.91 Å². The Morgan fingerprint density at radius 3 is 2.39 bits per heavy atom. The fraction of sp³-hybridized carbons (Fsp3) is 0.200. The number of aryl methyl sites for hydroxylation is 1. The van der Waals surface area contributed by atoms with Crippen molar-refractivity contribution in [2.75, 3.05) is 24.3 Å². The van der Waals surface area contributed by atoms with Gasteiger partial charge < -0.3 is 10.2 Å². The first-order chi connectivity index (χ1) is 13.2. The highest BCUT2D eigenvalue weighted by Gasteiger charge is 2.34. The molecule has 146 valence electrons. The van der Waals surface area contributed by atoms with Crippen LogP contribution < -0.4 is 10.2 Å². The molecule has 3 aromatic rings. The van der Waals surface area contributed by atoms with Crippen molar-refractivity contribution in [3.05, 3.63) is 64.7 Å². The summed E-state index contributed by atoms with van der Waals surface area (Å²) in [4.78, 5) is 18.9. The van der Waals surface area contributed by atoms with E-state index < -0.39 is 17.6 Å². The Morgan fingerprint density at radius 2 is 1.79 bits per heavy atom. The number of amides is 1. The Balaban J connectivity index is 1.93. The maximum Gasteiger partial charge on any atom is 0.418 e. The Bertz CT molecular complexity index is 998. The van der Waals surface area contributed by atoms with Crippen molar-refractivity contribution < 1.29 is 18.0 Å². The fourth-order valence-electron chi connectivity index (χ4n) is 2.64. The van der Waals surface area contributed by atoms with Gasteiger partial charge in [-0.1, -0.05) is 30.3 Å². The number of carbonyl (C=O) groups is 1. The van der Waals surface area contributed by atoms with E-state index in [-0.39, 0.29) is 10.6 Å². The van der Waals surface area contributed by atoms with Gasteiger partial charge in [0.2, 0.25) is 0 Å². The molecule has 0 fully saturated rings. The number of hydrogen-bond acceptors (Lipinski definition) is 4. The Morgan fingerprint density at radius 1 is 1.11 bits per heavy atom. The summed E-state index contributed by atoms with van der Waals surface area (Å²) in [5.41, 5.74) is 0.543. The zero-order valence-electron chi connectivity index (χ0n) is 15.5. The molecule has 0 aliphatic carbocycles.